The quantitative estimate of drug-likeness (QED) is 0.156. The zero-order valence-electron chi connectivity index (χ0n) is 30.7. The van der Waals surface area contributed by atoms with E-state index < -0.39 is 0 Å². The van der Waals surface area contributed by atoms with Gasteiger partial charge in [0.15, 0.2) is 0 Å². The van der Waals surface area contributed by atoms with Crippen LogP contribution in [-0.2, 0) is 0 Å². The van der Waals surface area contributed by atoms with Gasteiger partial charge >= 0.3 is 0 Å². The lowest BCUT2D eigenvalue weighted by molar-refractivity contribution is 1.18. The predicted molar refractivity (Wildman–Crippen MR) is 239 cm³/mol. The lowest BCUT2D eigenvalue weighted by atomic mass is 9.97. The molecular weight excluding hydrogens is 677 g/mol. The van der Waals surface area contributed by atoms with Crippen LogP contribution in [0.15, 0.2) is 218 Å². The molecule has 0 spiro atoms. The van der Waals surface area contributed by atoms with Crippen molar-refractivity contribution >= 4 is 71.2 Å². The lowest BCUT2D eigenvalue weighted by Crippen LogP contribution is -2.10. The second kappa shape index (κ2) is 13.2. The Bertz CT molecular complexity index is 3230. The third kappa shape index (κ3) is 5.42. The van der Waals surface area contributed by atoms with Gasteiger partial charge in [0.1, 0.15) is 0 Å². The van der Waals surface area contributed by atoms with Crippen LogP contribution in [0.4, 0.5) is 17.1 Å². The fourth-order valence-corrected chi connectivity index (χ4v) is 8.57. The number of aromatic nitrogens is 1. The first kappa shape index (κ1) is 32.0. The van der Waals surface area contributed by atoms with Gasteiger partial charge in [0, 0.05) is 33.2 Å². The van der Waals surface area contributed by atoms with E-state index in [4.69, 9.17) is 0 Å². The van der Waals surface area contributed by atoms with Gasteiger partial charge in [-0.3, -0.25) is 0 Å². The van der Waals surface area contributed by atoms with Gasteiger partial charge in [-0.15, -0.1) is 0 Å². The number of hydrogen-bond donors (Lipinski definition) is 0. The molecule has 1 heterocycles. The first-order chi connectivity index (χ1) is 27.7. The highest BCUT2D eigenvalue weighted by molar-refractivity contribution is 6.12. The number of hydrogen-bond acceptors (Lipinski definition) is 1. The van der Waals surface area contributed by atoms with Crippen molar-refractivity contribution in [1.82, 2.24) is 4.57 Å². The highest BCUT2D eigenvalue weighted by Gasteiger charge is 2.17. The Morgan fingerprint density at radius 2 is 0.786 bits per heavy atom. The van der Waals surface area contributed by atoms with Gasteiger partial charge in [-0.25, -0.2) is 0 Å². The Kier molecular flexibility index (Phi) is 7.53. The summed E-state index contributed by atoms with van der Waals surface area (Å²) in [6.07, 6.45) is 0. The number of para-hydroxylation sites is 2. The van der Waals surface area contributed by atoms with Crippen molar-refractivity contribution in [2.24, 2.45) is 0 Å². The van der Waals surface area contributed by atoms with Crippen molar-refractivity contribution in [1.29, 1.82) is 0 Å². The molecule has 0 aliphatic heterocycles. The van der Waals surface area contributed by atoms with E-state index in [1.807, 2.05) is 0 Å². The van der Waals surface area contributed by atoms with Gasteiger partial charge in [-0.1, -0.05) is 133 Å². The van der Waals surface area contributed by atoms with E-state index in [-0.39, 0.29) is 0 Å². The van der Waals surface area contributed by atoms with Crippen LogP contribution in [0.1, 0.15) is 0 Å². The standard InChI is InChI=1S/C54H36N2/c1-3-16-46(17-4-1)55(52-21-11-15-38-12-9-10-20-49(38)52)48-28-24-37(25-29-48)43-26-30-53-50(35-43)51-36-44(27-31-54(51)56(53)47-18-5-2-6-19-47)41-22-23-42-32-39-13-7-8-14-40(39)33-45(42)34-41/h1-36H. The summed E-state index contributed by atoms with van der Waals surface area (Å²) in [5.74, 6) is 0. The summed E-state index contributed by atoms with van der Waals surface area (Å²) in [6.45, 7) is 0. The van der Waals surface area contributed by atoms with Crippen molar-refractivity contribution in [3.05, 3.63) is 218 Å². The zero-order valence-corrected chi connectivity index (χ0v) is 30.7. The number of fused-ring (bicyclic) bond motifs is 6. The monoisotopic (exact) mass is 712 g/mol. The summed E-state index contributed by atoms with van der Waals surface area (Å²) in [5.41, 5.74) is 11.8. The van der Waals surface area contributed by atoms with Crippen LogP contribution in [0, 0.1) is 0 Å². The second-order valence-electron chi connectivity index (χ2n) is 14.6. The van der Waals surface area contributed by atoms with Gasteiger partial charge in [0.25, 0.3) is 0 Å². The van der Waals surface area contributed by atoms with Gasteiger partial charge in [0.2, 0.25) is 0 Å². The molecule has 0 bridgehead atoms. The molecule has 56 heavy (non-hydrogen) atoms. The van der Waals surface area contributed by atoms with Crippen LogP contribution >= 0.6 is 0 Å². The molecule has 0 atom stereocenters. The third-order valence-electron chi connectivity index (χ3n) is 11.3. The van der Waals surface area contributed by atoms with E-state index in [1.54, 1.807) is 0 Å². The molecule has 0 N–H and O–H groups in total. The molecular formula is C54H36N2. The van der Waals surface area contributed by atoms with Crippen LogP contribution in [-0.4, -0.2) is 4.57 Å². The first-order valence-electron chi connectivity index (χ1n) is 19.3. The Labute approximate surface area is 325 Å². The van der Waals surface area contributed by atoms with E-state index in [0.29, 0.717) is 0 Å². The topological polar surface area (TPSA) is 8.17 Å². The predicted octanol–water partition coefficient (Wildman–Crippen LogP) is 15.0. The maximum atomic E-state index is 2.40. The summed E-state index contributed by atoms with van der Waals surface area (Å²) in [7, 11) is 0. The Morgan fingerprint density at radius 3 is 1.50 bits per heavy atom. The minimum atomic E-state index is 1.12. The SMILES string of the molecule is c1ccc(N(c2ccc(-c3ccc4c(c3)c3cc(-c5ccc6cc7ccccc7cc6c5)ccc3n4-c3ccccc3)cc2)c2cccc3ccccc23)cc1. The summed E-state index contributed by atoms with van der Waals surface area (Å²) >= 11 is 0. The van der Waals surface area contributed by atoms with E-state index in [1.165, 1.54) is 76.4 Å². The Hall–Kier alpha value is -7.42. The number of anilines is 3. The molecule has 11 rings (SSSR count). The summed E-state index contributed by atoms with van der Waals surface area (Å²) in [5, 5.41) is 9.97. The molecule has 0 aliphatic carbocycles. The molecule has 11 aromatic rings. The van der Waals surface area contributed by atoms with Crippen LogP contribution in [0.25, 0.3) is 82.1 Å². The molecule has 2 heteroatoms. The van der Waals surface area contributed by atoms with E-state index in [2.05, 4.69) is 228 Å². The minimum Gasteiger partial charge on any atom is -0.310 e. The Morgan fingerprint density at radius 1 is 0.286 bits per heavy atom. The van der Waals surface area contributed by atoms with Crippen LogP contribution in [0.5, 0.6) is 0 Å². The highest BCUT2D eigenvalue weighted by Crippen LogP contribution is 2.41. The molecule has 1 aromatic heterocycles. The molecule has 0 fully saturated rings. The van der Waals surface area contributed by atoms with E-state index in [9.17, 15) is 0 Å². The van der Waals surface area contributed by atoms with Crippen molar-refractivity contribution in [2.75, 3.05) is 4.90 Å². The molecule has 0 unspecified atom stereocenters. The van der Waals surface area contributed by atoms with E-state index >= 15 is 0 Å². The molecule has 262 valence electrons. The molecule has 0 amide bonds. The van der Waals surface area contributed by atoms with Gasteiger partial charge in [-0.05, 0) is 134 Å². The molecule has 2 nitrogen and oxygen atoms in total. The van der Waals surface area contributed by atoms with Crippen molar-refractivity contribution in [2.45, 2.75) is 0 Å². The Balaban J connectivity index is 1.04. The average Bonchev–Trinajstić information content (AvgIpc) is 3.59. The lowest BCUT2D eigenvalue weighted by Gasteiger charge is -2.27. The zero-order chi connectivity index (χ0) is 37.0. The largest absolute Gasteiger partial charge is 0.310 e. The number of benzene rings is 10. The number of nitrogens with zero attached hydrogens (tertiary/aromatic N) is 2. The maximum absolute atomic E-state index is 2.40. The summed E-state index contributed by atoms with van der Waals surface area (Å²) < 4.78 is 2.40. The van der Waals surface area contributed by atoms with Crippen molar-refractivity contribution in [3.63, 3.8) is 0 Å². The van der Waals surface area contributed by atoms with Gasteiger partial charge < -0.3 is 9.47 Å². The minimum absolute atomic E-state index is 1.12. The molecule has 0 aliphatic rings. The maximum Gasteiger partial charge on any atom is 0.0541 e. The molecule has 0 saturated carbocycles. The summed E-state index contributed by atoms with van der Waals surface area (Å²) in [4.78, 5) is 2.36. The highest BCUT2D eigenvalue weighted by atomic mass is 15.1. The summed E-state index contributed by atoms with van der Waals surface area (Å²) in [6, 6.07) is 79.5. The third-order valence-corrected chi connectivity index (χ3v) is 11.3. The normalized spacial score (nSPS) is 11.6. The average molecular weight is 713 g/mol. The first-order valence-corrected chi connectivity index (χ1v) is 19.3. The van der Waals surface area contributed by atoms with E-state index in [0.717, 1.165) is 22.7 Å². The molecule has 10 aromatic carbocycles. The van der Waals surface area contributed by atoms with Crippen molar-refractivity contribution in [3.8, 4) is 27.9 Å². The fourth-order valence-electron chi connectivity index (χ4n) is 8.57. The number of rotatable bonds is 6. The van der Waals surface area contributed by atoms with Gasteiger partial charge in [0.05, 0.1) is 16.7 Å². The molecule has 0 radical (unpaired) electrons. The molecule has 0 saturated heterocycles. The second-order valence-corrected chi connectivity index (χ2v) is 14.6. The van der Waals surface area contributed by atoms with Crippen LogP contribution in [0.3, 0.4) is 0 Å². The van der Waals surface area contributed by atoms with Crippen LogP contribution in [0.2, 0.25) is 0 Å². The van der Waals surface area contributed by atoms with Crippen molar-refractivity contribution < 1.29 is 0 Å². The smallest absolute Gasteiger partial charge is 0.0541 e. The fraction of sp³-hybridized carbons (Fsp3) is 0. The van der Waals surface area contributed by atoms with Gasteiger partial charge in [-0.2, -0.15) is 0 Å². The van der Waals surface area contributed by atoms with Crippen LogP contribution < -0.4 is 4.90 Å².